The van der Waals surface area contributed by atoms with Crippen LogP contribution in [0.5, 0.6) is 0 Å². The summed E-state index contributed by atoms with van der Waals surface area (Å²) in [4.78, 5) is 11.8. The monoisotopic (exact) mass is 380 g/mol. The highest BCUT2D eigenvalue weighted by atomic mass is 35.5. The molecule has 3 heterocycles. The van der Waals surface area contributed by atoms with Crippen LogP contribution in [-0.2, 0) is 11.3 Å². The molecule has 1 aromatic carbocycles. The van der Waals surface area contributed by atoms with Gasteiger partial charge in [0.1, 0.15) is 0 Å². The molecule has 136 valence electrons. The minimum atomic E-state index is -0.432. The lowest BCUT2D eigenvalue weighted by Gasteiger charge is -2.06. The molecule has 27 heavy (non-hydrogen) atoms. The van der Waals surface area contributed by atoms with Crippen LogP contribution in [0.4, 0.5) is 0 Å². The first-order chi connectivity index (χ1) is 13.1. The van der Waals surface area contributed by atoms with Crippen molar-refractivity contribution in [2.24, 2.45) is 0 Å². The molecular formula is C20H17ClN4O2. The Hall–Kier alpha value is -3.12. The molecule has 4 aromatic rings. The lowest BCUT2D eigenvalue weighted by molar-refractivity contribution is 0.0518. The molecule has 0 bridgehead atoms. The number of hydrogen-bond acceptors (Lipinski definition) is 4. The second-order valence-corrected chi connectivity index (χ2v) is 6.45. The number of halogens is 1. The Morgan fingerprint density at radius 3 is 2.70 bits per heavy atom. The van der Waals surface area contributed by atoms with E-state index < -0.39 is 5.97 Å². The lowest BCUT2D eigenvalue weighted by atomic mass is 10.1. The Balaban J connectivity index is 1.69. The fourth-order valence-electron chi connectivity index (χ4n) is 2.92. The molecule has 3 aromatic heterocycles. The molecule has 0 N–H and O–H groups in total. The average molecular weight is 381 g/mol. The summed E-state index contributed by atoms with van der Waals surface area (Å²) in [6, 6.07) is 17.3. The van der Waals surface area contributed by atoms with Crippen LogP contribution in [0, 0.1) is 0 Å². The molecular weight excluding hydrogens is 364 g/mol. The van der Waals surface area contributed by atoms with Gasteiger partial charge < -0.3 is 4.74 Å². The van der Waals surface area contributed by atoms with Gasteiger partial charge >= 0.3 is 5.97 Å². The maximum atomic E-state index is 11.8. The largest absolute Gasteiger partial charge is 0.461 e. The van der Waals surface area contributed by atoms with Crippen molar-refractivity contribution in [2.45, 2.75) is 13.5 Å². The normalized spacial score (nSPS) is 11.0. The second kappa shape index (κ2) is 7.25. The highest BCUT2D eigenvalue weighted by molar-refractivity contribution is 6.31. The summed E-state index contributed by atoms with van der Waals surface area (Å²) in [5.41, 5.74) is 3.94. The number of ether oxygens (including phenoxy) is 1. The van der Waals surface area contributed by atoms with Gasteiger partial charge in [0.05, 0.1) is 30.1 Å². The topological polar surface area (TPSA) is 61.4 Å². The van der Waals surface area contributed by atoms with Crippen LogP contribution < -0.4 is 0 Å². The molecule has 4 rings (SSSR count). The second-order valence-electron chi connectivity index (χ2n) is 6.02. The summed E-state index contributed by atoms with van der Waals surface area (Å²) in [6.45, 7) is 2.50. The van der Waals surface area contributed by atoms with Crippen molar-refractivity contribution in [3.8, 4) is 11.3 Å². The van der Waals surface area contributed by atoms with E-state index in [2.05, 4.69) is 5.10 Å². The first-order valence-corrected chi connectivity index (χ1v) is 8.96. The first-order valence-electron chi connectivity index (χ1n) is 8.58. The van der Waals surface area contributed by atoms with Gasteiger partial charge in [0.2, 0.25) is 0 Å². The Kier molecular flexibility index (Phi) is 4.64. The van der Waals surface area contributed by atoms with Gasteiger partial charge in [0, 0.05) is 16.8 Å². The predicted octanol–water partition coefficient (Wildman–Crippen LogP) is 4.08. The maximum absolute atomic E-state index is 11.8. The fourth-order valence-corrected chi connectivity index (χ4v) is 3.16. The smallest absolute Gasteiger partial charge is 0.358 e. The number of esters is 1. The maximum Gasteiger partial charge on any atom is 0.358 e. The van der Waals surface area contributed by atoms with E-state index in [0.29, 0.717) is 18.2 Å². The van der Waals surface area contributed by atoms with Gasteiger partial charge in [0.15, 0.2) is 5.69 Å². The minimum absolute atomic E-state index is 0.278. The summed E-state index contributed by atoms with van der Waals surface area (Å²) in [6.07, 6.45) is 1.74. The summed E-state index contributed by atoms with van der Waals surface area (Å²) < 4.78 is 8.49. The van der Waals surface area contributed by atoms with E-state index in [1.807, 2.05) is 53.0 Å². The molecule has 7 heteroatoms. The molecule has 0 radical (unpaired) electrons. The van der Waals surface area contributed by atoms with E-state index in [9.17, 15) is 4.79 Å². The van der Waals surface area contributed by atoms with Gasteiger partial charge in [-0.1, -0.05) is 41.9 Å². The molecule has 0 saturated heterocycles. The Morgan fingerprint density at radius 2 is 1.93 bits per heavy atom. The van der Waals surface area contributed by atoms with Gasteiger partial charge in [-0.05, 0) is 31.2 Å². The summed E-state index contributed by atoms with van der Waals surface area (Å²) in [5.74, 6) is -0.432. The van der Waals surface area contributed by atoms with Gasteiger partial charge in [-0.25, -0.2) is 9.31 Å². The standard InChI is InChI=1S/C20H17ClN4O2/c1-2-27-20(26)18-8-9-24(22-18)13-17-11-15(21)10-16-12-19(23-25(16)17)14-6-4-3-5-7-14/h3-12H,2,13H2,1H3. The third-order valence-electron chi connectivity index (χ3n) is 4.12. The predicted molar refractivity (Wildman–Crippen MR) is 103 cm³/mol. The number of fused-ring (bicyclic) bond motifs is 1. The van der Waals surface area contributed by atoms with E-state index in [1.165, 1.54) is 0 Å². The SMILES string of the molecule is CCOC(=O)c1ccn(Cc2cc(Cl)cc3cc(-c4ccccc4)nn23)n1. The van der Waals surface area contributed by atoms with Crippen LogP contribution >= 0.6 is 11.6 Å². The number of aromatic nitrogens is 4. The van der Waals surface area contributed by atoms with Crippen LogP contribution in [0.25, 0.3) is 16.8 Å². The van der Waals surface area contributed by atoms with Crippen LogP contribution in [0.2, 0.25) is 5.02 Å². The molecule has 0 aliphatic rings. The summed E-state index contributed by atoms with van der Waals surface area (Å²) in [7, 11) is 0. The number of nitrogens with zero attached hydrogens (tertiary/aromatic N) is 4. The fraction of sp³-hybridized carbons (Fsp3) is 0.150. The zero-order valence-corrected chi connectivity index (χ0v) is 15.4. The lowest BCUT2D eigenvalue weighted by Crippen LogP contribution is -2.10. The van der Waals surface area contributed by atoms with E-state index in [1.54, 1.807) is 23.9 Å². The van der Waals surface area contributed by atoms with Crippen LogP contribution in [0.15, 0.2) is 60.8 Å². The van der Waals surface area contributed by atoms with Gasteiger partial charge in [0.25, 0.3) is 0 Å². The van der Waals surface area contributed by atoms with E-state index in [0.717, 1.165) is 22.5 Å². The van der Waals surface area contributed by atoms with Crippen molar-refractivity contribution in [1.82, 2.24) is 19.4 Å². The third kappa shape index (κ3) is 3.57. The highest BCUT2D eigenvalue weighted by Crippen LogP contribution is 2.23. The highest BCUT2D eigenvalue weighted by Gasteiger charge is 2.13. The number of hydrogen-bond donors (Lipinski definition) is 0. The summed E-state index contributed by atoms with van der Waals surface area (Å²) >= 11 is 6.30. The number of rotatable bonds is 5. The third-order valence-corrected chi connectivity index (χ3v) is 4.34. The van der Waals surface area contributed by atoms with E-state index in [4.69, 9.17) is 21.4 Å². The van der Waals surface area contributed by atoms with Gasteiger partial charge in [-0.15, -0.1) is 0 Å². The number of carbonyl (C=O) groups is 1. The molecule has 0 saturated carbocycles. The molecule has 0 atom stereocenters. The molecule has 0 aliphatic heterocycles. The average Bonchev–Trinajstić information content (AvgIpc) is 3.30. The van der Waals surface area contributed by atoms with Crippen LogP contribution in [0.1, 0.15) is 23.1 Å². The molecule has 0 fully saturated rings. The molecule has 0 spiro atoms. The van der Waals surface area contributed by atoms with Crippen molar-refractivity contribution in [1.29, 1.82) is 0 Å². The van der Waals surface area contributed by atoms with Crippen molar-refractivity contribution in [3.63, 3.8) is 0 Å². The van der Waals surface area contributed by atoms with Gasteiger partial charge in [-0.3, -0.25) is 4.68 Å². The number of benzene rings is 1. The quantitative estimate of drug-likeness (QED) is 0.489. The molecule has 0 aliphatic carbocycles. The van der Waals surface area contributed by atoms with Crippen molar-refractivity contribution >= 4 is 23.1 Å². The Labute approximate surface area is 160 Å². The zero-order chi connectivity index (χ0) is 18.8. The first kappa shape index (κ1) is 17.3. The van der Waals surface area contributed by atoms with E-state index in [-0.39, 0.29) is 5.69 Å². The van der Waals surface area contributed by atoms with Crippen molar-refractivity contribution in [2.75, 3.05) is 6.61 Å². The zero-order valence-electron chi connectivity index (χ0n) is 14.7. The number of pyridine rings is 1. The Bertz CT molecular complexity index is 1100. The summed E-state index contributed by atoms with van der Waals surface area (Å²) in [5, 5.41) is 9.62. The van der Waals surface area contributed by atoms with Crippen LogP contribution in [0.3, 0.4) is 0 Å². The minimum Gasteiger partial charge on any atom is -0.461 e. The van der Waals surface area contributed by atoms with E-state index >= 15 is 0 Å². The number of carbonyl (C=O) groups excluding carboxylic acids is 1. The molecule has 0 amide bonds. The Morgan fingerprint density at radius 1 is 1.11 bits per heavy atom. The molecule has 0 unspecified atom stereocenters. The van der Waals surface area contributed by atoms with Crippen LogP contribution in [-0.4, -0.2) is 32.0 Å². The van der Waals surface area contributed by atoms with Gasteiger partial charge in [-0.2, -0.15) is 10.2 Å². The van der Waals surface area contributed by atoms with Crippen molar-refractivity contribution in [3.05, 3.63) is 77.2 Å². The van der Waals surface area contributed by atoms with Crippen molar-refractivity contribution < 1.29 is 9.53 Å². The molecule has 6 nitrogen and oxygen atoms in total.